The fourth-order valence-electron chi connectivity index (χ4n) is 2.81. The Labute approximate surface area is 114 Å². The van der Waals surface area contributed by atoms with Gasteiger partial charge in [0.2, 0.25) is 5.91 Å². The lowest BCUT2D eigenvalue weighted by molar-refractivity contribution is -0.138. The van der Waals surface area contributed by atoms with E-state index in [9.17, 15) is 14.7 Å². The van der Waals surface area contributed by atoms with Crippen LogP contribution in [0.5, 0.6) is 0 Å². The van der Waals surface area contributed by atoms with Crippen molar-refractivity contribution in [3.8, 4) is 0 Å². The van der Waals surface area contributed by atoms with Crippen LogP contribution in [0.4, 0.5) is 0 Å². The zero-order valence-electron chi connectivity index (χ0n) is 11.8. The lowest BCUT2D eigenvalue weighted by atomic mass is 9.79. The predicted molar refractivity (Wildman–Crippen MR) is 71.6 cm³/mol. The Morgan fingerprint density at radius 1 is 1.42 bits per heavy atom. The van der Waals surface area contributed by atoms with Gasteiger partial charge in [-0.05, 0) is 24.7 Å². The second-order valence-corrected chi connectivity index (χ2v) is 6.11. The summed E-state index contributed by atoms with van der Waals surface area (Å²) in [6, 6.07) is 0. The van der Waals surface area contributed by atoms with E-state index in [1.54, 1.807) is 6.92 Å². The predicted octanol–water partition coefficient (Wildman–Crippen LogP) is 1.54. The Morgan fingerprint density at radius 3 is 2.68 bits per heavy atom. The summed E-state index contributed by atoms with van der Waals surface area (Å²) in [5.41, 5.74) is -0.788. The normalized spacial score (nSPS) is 28.7. The van der Waals surface area contributed by atoms with E-state index >= 15 is 0 Å². The molecule has 1 aliphatic carbocycles. The van der Waals surface area contributed by atoms with Crippen molar-refractivity contribution in [2.24, 2.45) is 11.8 Å². The summed E-state index contributed by atoms with van der Waals surface area (Å²) < 4.78 is 0. The quantitative estimate of drug-likeness (QED) is 0.684. The largest absolute Gasteiger partial charge is 0.481 e. The van der Waals surface area contributed by atoms with Crippen LogP contribution < -0.4 is 5.32 Å². The molecular formula is C14H25NO4. The molecule has 0 aromatic heterocycles. The van der Waals surface area contributed by atoms with E-state index in [4.69, 9.17) is 5.11 Å². The maximum absolute atomic E-state index is 11.7. The van der Waals surface area contributed by atoms with Gasteiger partial charge in [-0.25, -0.2) is 0 Å². The summed E-state index contributed by atoms with van der Waals surface area (Å²) in [7, 11) is 0. The van der Waals surface area contributed by atoms with Crippen molar-refractivity contribution in [2.75, 3.05) is 6.54 Å². The Balaban J connectivity index is 2.31. The van der Waals surface area contributed by atoms with Crippen molar-refractivity contribution in [3.05, 3.63) is 0 Å². The molecular weight excluding hydrogens is 246 g/mol. The van der Waals surface area contributed by atoms with Crippen molar-refractivity contribution < 1.29 is 19.8 Å². The molecule has 1 amide bonds. The van der Waals surface area contributed by atoms with Gasteiger partial charge in [0.1, 0.15) is 0 Å². The number of nitrogens with one attached hydrogen (secondary N) is 1. The van der Waals surface area contributed by atoms with Crippen molar-refractivity contribution in [2.45, 2.75) is 58.0 Å². The molecule has 0 aliphatic heterocycles. The summed E-state index contributed by atoms with van der Waals surface area (Å²) in [6.45, 7) is 4.13. The number of hydrogen-bond donors (Lipinski definition) is 3. The number of aliphatic carboxylic acids is 1. The highest BCUT2D eigenvalue weighted by atomic mass is 16.4. The first kappa shape index (κ1) is 16.0. The molecule has 1 fully saturated rings. The maximum Gasteiger partial charge on any atom is 0.303 e. The summed E-state index contributed by atoms with van der Waals surface area (Å²) in [5, 5.41) is 21.7. The van der Waals surface area contributed by atoms with Gasteiger partial charge in [0.05, 0.1) is 5.60 Å². The number of carboxylic acids is 1. The van der Waals surface area contributed by atoms with Crippen LogP contribution in [0.1, 0.15) is 52.4 Å². The molecule has 5 nitrogen and oxygen atoms in total. The average Bonchev–Trinajstić information content (AvgIpc) is 2.25. The van der Waals surface area contributed by atoms with E-state index in [2.05, 4.69) is 12.2 Å². The lowest BCUT2D eigenvalue weighted by Crippen LogP contribution is -2.46. The highest BCUT2D eigenvalue weighted by Crippen LogP contribution is 2.31. The minimum Gasteiger partial charge on any atom is -0.481 e. The number of rotatable bonds is 6. The SMILES string of the molecule is CC(CC(=O)O)CC(=O)NCC1(O)CCCC(C)C1. The Bertz CT molecular complexity index is 331. The van der Waals surface area contributed by atoms with Gasteiger partial charge >= 0.3 is 5.97 Å². The van der Waals surface area contributed by atoms with Crippen LogP contribution >= 0.6 is 0 Å². The summed E-state index contributed by atoms with van der Waals surface area (Å²) in [4.78, 5) is 22.2. The fourth-order valence-corrected chi connectivity index (χ4v) is 2.81. The van der Waals surface area contributed by atoms with E-state index in [1.807, 2.05) is 0 Å². The first-order chi connectivity index (χ1) is 8.81. The van der Waals surface area contributed by atoms with Crippen LogP contribution in [0.15, 0.2) is 0 Å². The Hall–Kier alpha value is -1.10. The van der Waals surface area contributed by atoms with Gasteiger partial charge < -0.3 is 15.5 Å². The van der Waals surface area contributed by atoms with E-state index in [1.165, 1.54) is 0 Å². The van der Waals surface area contributed by atoms with Crippen molar-refractivity contribution in [1.82, 2.24) is 5.32 Å². The zero-order chi connectivity index (χ0) is 14.5. The second kappa shape index (κ2) is 6.89. The number of hydrogen-bond acceptors (Lipinski definition) is 3. The molecule has 3 N–H and O–H groups in total. The monoisotopic (exact) mass is 271 g/mol. The molecule has 19 heavy (non-hydrogen) atoms. The number of carbonyl (C=O) groups is 2. The molecule has 1 aliphatic rings. The summed E-state index contributed by atoms with van der Waals surface area (Å²) in [5.74, 6) is -0.764. The number of amides is 1. The molecule has 1 rings (SSSR count). The van der Waals surface area contributed by atoms with Gasteiger partial charge in [-0.2, -0.15) is 0 Å². The number of aliphatic hydroxyl groups is 1. The molecule has 110 valence electrons. The van der Waals surface area contributed by atoms with Gasteiger partial charge in [0.15, 0.2) is 0 Å². The molecule has 0 aromatic rings. The van der Waals surface area contributed by atoms with Crippen LogP contribution in [-0.2, 0) is 9.59 Å². The standard InChI is InChI=1S/C14H25NO4/c1-10-4-3-5-14(19,8-10)9-15-12(16)6-11(2)7-13(17)18/h10-11,19H,3-9H2,1-2H3,(H,15,16)(H,17,18). The first-order valence-electron chi connectivity index (χ1n) is 7.01. The van der Waals surface area contributed by atoms with Gasteiger partial charge in [-0.15, -0.1) is 0 Å². The number of carbonyl (C=O) groups excluding carboxylic acids is 1. The van der Waals surface area contributed by atoms with E-state index in [0.717, 1.165) is 25.7 Å². The summed E-state index contributed by atoms with van der Waals surface area (Å²) in [6.07, 6.45) is 3.75. The van der Waals surface area contributed by atoms with Gasteiger partial charge in [0.25, 0.3) is 0 Å². The second-order valence-electron chi connectivity index (χ2n) is 6.11. The molecule has 0 heterocycles. The molecule has 3 atom stereocenters. The van der Waals surface area contributed by atoms with Crippen LogP contribution in [0.25, 0.3) is 0 Å². The zero-order valence-corrected chi connectivity index (χ0v) is 11.8. The lowest BCUT2D eigenvalue weighted by Gasteiger charge is -2.35. The molecule has 0 spiro atoms. The highest BCUT2D eigenvalue weighted by molar-refractivity contribution is 5.77. The first-order valence-corrected chi connectivity index (χ1v) is 7.01. The third-order valence-corrected chi connectivity index (χ3v) is 3.74. The van der Waals surface area contributed by atoms with Crippen LogP contribution in [0, 0.1) is 11.8 Å². The maximum atomic E-state index is 11.7. The molecule has 3 unspecified atom stereocenters. The van der Waals surface area contributed by atoms with Crippen LogP contribution in [0.2, 0.25) is 0 Å². The minimum atomic E-state index is -0.889. The topological polar surface area (TPSA) is 86.6 Å². The third kappa shape index (κ3) is 6.05. The number of carboxylic acid groups (broad SMARTS) is 1. The van der Waals surface area contributed by atoms with E-state index in [-0.39, 0.29) is 31.2 Å². The fraction of sp³-hybridized carbons (Fsp3) is 0.857. The van der Waals surface area contributed by atoms with Crippen molar-refractivity contribution >= 4 is 11.9 Å². The average molecular weight is 271 g/mol. The van der Waals surface area contributed by atoms with Crippen LogP contribution in [0.3, 0.4) is 0 Å². The third-order valence-electron chi connectivity index (χ3n) is 3.74. The van der Waals surface area contributed by atoms with Crippen molar-refractivity contribution in [1.29, 1.82) is 0 Å². The highest BCUT2D eigenvalue weighted by Gasteiger charge is 2.32. The molecule has 0 bridgehead atoms. The summed E-state index contributed by atoms with van der Waals surface area (Å²) >= 11 is 0. The molecule has 0 radical (unpaired) electrons. The molecule has 5 heteroatoms. The van der Waals surface area contributed by atoms with Crippen LogP contribution in [-0.4, -0.2) is 34.2 Å². The van der Waals surface area contributed by atoms with E-state index in [0.29, 0.717) is 5.92 Å². The molecule has 1 saturated carbocycles. The Kier molecular flexibility index (Phi) is 5.79. The van der Waals surface area contributed by atoms with E-state index < -0.39 is 11.6 Å². The molecule has 0 aromatic carbocycles. The van der Waals surface area contributed by atoms with Gasteiger partial charge in [-0.1, -0.05) is 26.7 Å². The Morgan fingerprint density at radius 2 is 2.11 bits per heavy atom. The van der Waals surface area contributed by atoms with Gasteiger partial charge in [0, 0.05) is 19.4 Å². The molecule has 0 saturated heterocycles. The van der Waals surface area contributed by atoms with Gasteiger partial charge in [-0.3, -0.25) is 9.59 Å². The minimum absolute atomic E-state index is 0.00524. The van der Waals surface area contributed by atoms with Crippen molar-refractivity contribution in [3.63, 3.8) is 0 Å². The smallest absolute Gasteiger partial charge is 0.303 e.